The molecule has 0 unspecified atom stereocenters. The van der Waals surface area contributed by atoms with Crippen LogP contribution in [0.3, 0.4) is 0 Å². The van der Waals surface area contributed by atoms with Crippen molar-refractivity contribution in [2.75, 3.05) is 5.32 Å². The second-order valence-electron chi connectivity index (χ2n) is 6.38. The third kappa shape index (κ3) is 2.27. The number of rotatable bonds is 3. The van der Waals surface area contributed by atoms with Gasteiger partial charge in [-0.15, -0.1) is 0 Å². The van der Waals surface area contributed by atoms with E-state index in [4.69, 9.17) is 4.74 Å². The Morgan fingerprint density at radius 1 is 1.17 bits per heavy atom. The number of benzene rings is 1. The number of nitrogens with one attached hydrogen (secondary N) is 1. The molecule has 0 atom stereocenters. The molecule has 6 nitrogen and oxygen atoms in total. The first-order chi connectivity index (χ1) is 11.8. The highest BCUT2D eigenvalue weighted by molar-refractivity contribution is 6.05. The van der Waals surface area contributed by atoms with Crippen molar-refractivity contribution in [2.24, 2.45) is 0 Å². The monoisotopic (exact) mass is 320 g/mol. The Kier molecular flexibility index (Phi) is 2.93. The maximum absolute atomic E-state index is 12.5. The average Bonchev–Trinajstić information content (AvgIpc) is 3.18. The number of ether oxygens (including phenoxy) is 1. The van der Waals surface area contributed by atoms with Gasteiger partial charge in [-0.3, -0.25) is 4.79 Å². The van der Waals surface area contributed by atoms with Gasteiger partial charge in [0.15, 0.2) is 5.65 Å². The first kappa shape index (κ1) is 13.7. The van der Waals surface area contributed by atoms with Gasteiger partial charge in [0.1, 0.15) is 5.52 Å². The summed E-state index contributed by atoms with van der Waals surface area (Å²) in [7, 11) is 0. The van der Waals surface area contributed by atoms with Gasteiger partial charge in [-0.2, -0.15) is 0 Å². The van der Waals surface area contributed by atoms with E-state index < -0.39 is 0 Å². The third-order valence-corrected chi connectivity index (χ3v) is 4.59. The van der Waals surface area contributed by atoms with Crippen molar-refractivity contribution >= 4 is 22.8 Å². The van der Waals surface area contributed by atoms with Crippen LogP contribution in [0.5, 0.6) is 0 Å². The highest BCUT2D eigenvalue weighted by Crippen LogP contribution is 2.36. The molecule has 1 saturated carbocycles. The summed E-state index contributed by atoms with van der Waals surface area (Å²) < 4.78 is 7.50. The number of imidazole rings is 1. The van der Waals surface area contributed by atoms with E-state index >= 15 is 0 Å². The molecule has 1 aromatic carbocycles. The molecule has 3 heterocycles. The summed E-state index contributed by atoms with van der Waals surface area (Å²) in [6, 6.07) is 8.19. The number of carbonyl (C=O) groups excluding carboxylic acids is 1. The minimum absolute atomic E-state index is 0.177. The molecule has 1 aliphatic heterocycles. The van der Waals surface area contributed by atoms with Crippen LogP contribution in [-0.4, -0.2) is 20.4 Å². The van der Waals surface area contributed by atoms with E-state index in [2.05, 4.69) is 19.9 Å². The predicted octanol–water partition coefficient (Wildman–Crippen LogP) is 3.05. The van der Waals surface area contributed by atoms with E-state index in [9.17, 15) is 4.79 Å². The van der Waals surface area contributed by atoms with Crippen LogP contribution in [0.25, 0.3) is 11.2 Å². The normalized spacial score (nSPS) is 16.3. The topological polar surface area (TPSA) is 69.0 Å². The van der Waals surface area contributed by atoms with Crippen molar-refractivity contribution in [3.8, 4) is 0 Å². The molecule has 0 saturated heterocycles. The fourth-order valence-corrected chi connectivity index (χ4v) is 3.12. The molecule has 5 rings (SSSR count). The Hall–Kier alpha value is -2.73. The lowest BCUT2D eigenvalue weighted by atomic mass is 10.1. The molecular weight excluding hydrogens is 304 g/mol. The minimum Gasteiger partial charge on any atom is -0.372 e. The van der Waals surface area contributed by atoms with Crippen molar-refractivity contribution in [2.45, 2.75) is 32.1 Å². The molecule has 0 bridgehead atoms. The number of pyridine rings is 1. The van der Waals surface area contributed by atoms with Crippen molar-refractivity contribution in [3.05, 3.63) is 53.5 Å². The van der Waals surface area contributed by atoms with Gasteiger partial charge in [0.05, 0.1) is 25.1 Å². The molecule has 1 fully saturated rings. The van der Waals surface area contributed by atoms with Crippen LogP contribution in [0.1, 0.15) is 40.4 Å². The average molecular weight is 320 g/mol. The fourth-order valence-electron chi connectivity index (χ4n) is 3.12. The Morgan fingerprint density at radius 3 is 2.92 bits per heavy atom. The van der Waals surface area contributed by atoms with Crippen LogP contribution >= 0.6 is 0 Å². The van der Waals surface area contributed by atoms with Gasteiger partial charge >= 0.3 is 0 Å². The summed E-state index contributed by atoms with van der Waals surface area (Å²) in [5.41, 5.74) is 5.21. The third-order valence-electron chi connectivity index (χ3n) is 4.59. The van der Waals surface area contributed by atoms with E-state index in [1.165, 1.54) is 18.4 Å². The quantitative estimate of drug-likeness (QED) is 0.805. The van der Waals surface area contributed by atoms with Crippen molar-refractivity contribution < 1.29 is 9.53 Å². The zero-order valence-electron chi connectivity index (χ0n) is 13.0. The summed E-state index contributed by atoms with van der Waals surface area (Å²) in [6.07, 6.45) is 5.79. The highest BCUT2D eigenvalue weighted by Gasteiger charge is 2.25. The molecule has 6 heteroatoms. The molecule has 2 aromatic heterocycles. The maximum Gasteiger partial charge on any atom is 0.257 e. The zero-order chi connectivity index (χ0) is 16.1. The summed E-state index contributed by atoms with van der Waals surface area (Å²) in [5, 5.41) is 2.93. The van der Waals surface area contributed by atoms with Gasteiger partial charge in [-0.05, 0) is 42.2 Å². The van der Waals surface area contributed by atoms with Gasteiger partial charge in [-0.1, -0.05) is 6.07 Å². The highest BCUT2D eigenvalue weighted by atomic mass is 16.5. The SMILES string of the molecule is O=C(Nc1ccc2c(c1)COC2)c1cnc2c(c1)ncn2C1CC1. The number of amides is 1. The van der Waals surface area contributed by atoms with E-state index in [0.29, 0.717) is 24.8 Å². The largest absolute Gasteiger partial charge is 0.372 e. The molecule has 1 amide bonds. The van der Waals surface area contributed by atoms with Gasteiger partial charge in [0, 0.05) is 17.9 Å². The van der Waals surface area contributed by atoms with Crippen LogP contribution < -0.4 is 5.32 Å². The summed E-state index contributed by atoms with van der Waals surface area (Å²) in [6.45, 7) is 1.25. The molecule has 0 spiro atoms. The lowest BCUT2D eigenvalue weighted by molar-refractivity contribution is 0.102. The van der Waals surface area contributed by atoms with Gasteiger partial charge < -0.3 is 14.6 Å². The lowest BCUT2D eigenvalue weighted by Crippen LogP contribution is -2.12. The molecule has 0 radical (unpaired) electrons. The molecule has 120 valence electrons. The van der Waals surface area contributed by atoms with E-state index in [1.54, 1.807) is 12.3 Å². The first-order valence-electron chi connectivity index (χ1n) is 8.11. The smallest absolute Gasteiger partial charge is 0.257 e. The molecular formula is C18H16N4O2. The van der Waals surface area contributed by atoms with Crippen LogP contribution in [0, 0.1) is 0 Å². The van der Waals surface area contributed by atoms with Crippen LogP contribution in [0.2, 0.25) is 0 Å². The van der Waals surface area contributed by atoms with Gasteiger partial charge in [0.25, 0.3) is 5.91 Å². The van der Waals surface area contributed by atoms with Gasteiger partial charge in [0.2, 0.25) is 0 Å². The number of hydrogen-bond donors (Lipinski definition) is 1. The Balaban J connectivity index is 1.41. The molecule has 3 aromatic rings. The second kappa shape index (κ2) is 5.14. The Morgan fingerprint density at radius 2 is 2.04 bits per heavy atom. The zero-order valence-corrected chi connectivity index (χ0v) is 13.0. The molecule has 1 N–H and O–H groups in total. The number of carbonyl (C=O) groups is 1. The first-order valence-corrected chi connectivity index (χ1v) is 8.11. The summed E-state index contributed by atoms with van der Waals surface area (Å²) >= 11 is 0. The number of fused-ring (bicyclic) bond motifs is 2. The Bertz CT molecular complexity index is 959. The molecule has 24 heavy (non-hydrogen) atoms. The summed E-state index contributed by atoms with van der Waals surface area (Å²) in [5.74, 6) is -0.177. The summed E-state index contributed by atoms with van der Waals surface area (Å²) in [4.78, 5) is 21.3. The number of anilines is 1. The van der Waals surface area contributed by atoms with E-state index in [0.717, 1.165) is 22.4 Å². The number of hydrogen-bond acceptors (Lipinski definition) is 4. The second-order valence-corrected chi connectivity index (χ2v) is 6.38. The van der Waals surface area contributed by atoms with Crippen LogP contribution in [0.15, 0.2) is 36.8 Å². The van der Waals surface area contributed by atoms with E-state index in [-0.39, 0.29) is 5.91 Å². The fraction of sp³-hybridized carbons (Fsp3) is 0.278. The molecule has 1 aliphatic carbocycles. The van der Waals surface area contributed by atoms with E-state index in [1.807, 2.05) is 24.5 Å². The van der Waals surface area contributed by atoms with Crippen molar-refractivity contribution in [1.29, 1.82) is 0 Å². The lowest BCUT2D eigenvalue weighted by Gasteiger charge is -2.07. The maximum atomic E-state index is 12.5. The van der Waals surface area contributed by atoms with Crippen LogP contribution in [0.4, 0.5) is 5.69 Å². The van der Waals surface area contributed by atoms with Crippen molar-refractivity contribution in [1.82, 2.24) is 14.5 Å². The Labute approximate surface area is 138 Å². The predicted molar refractivity (Wildman–Crippen MR) is 88.7 cm³/mol. The standard InChI is InChI=1S/C18H16N4O2/c23-18(21-14-2-1-11-8-24-9-13(11)5-14)12-6-16-17(19-7-12)22(10-20-16)15-3-4-15/h1-2,5-7,10,15H,3-4,8-9H2,(H,21,23). The molecule has 2 aliphatic rings. The van der Waals surface area contributed by atoms with Crippen LogP contribution in [-0.2, 0) is 18.0 Å². The van der Waals surface area contributed by atoms with Crippen molar-refractivity contribution in [3.63, 3.8) is 0 Å². The number of aromatic nitrogens is 3. The van der Waals surface area contributed by atoms with Gasteiger partial charge in [-0.25, -0.2) is 9.97 Å². The number of nitrogens with zero attached hydrogens (tertiary/aromatic N) is 3. The minimum atomic E-state index is -0.177.